The minimum absolute atomic E-state index is 0.422. The molecule has 0 bridgehead atoms. The molecule has 0 aliphatic carbocycles. The van der Waals surface area contributed by atoms with E-state index in [1.54, 1.807) is 6.92 Å². The monoisotopic (exact) mass is 206 g/mol. The van der Waals surface area contributed by atoms with Crippen LogP contribution in [0.5, 0.6) is 5.75 Å². The van der Waals surface area contributed by atoms with Gasteiger partial charge >= 0.3 is 0 Å². The molecule has 2 heteroatoms. The summed E-state index contributed by atoms with van der Waals surface area (Å²) < 4.78 is 5.51. The molecule has 0 heterocycles. The second-order valence-corrected chi connectivity index (χ2v) is 3.80. The lowest BCUT2D eigenvalue weighted by Gasteiger charge is -2.08. The van der Waals surface area contributed by atoms with Crippen LogP contribution in [0.25, 0.3) is 0 Å². The fraction of sp³-hybridized carbons (Fsp3) is 0.385. The van der Waals surface area contributed by atoms with Crippen LogP contribution in [0.4, 0.5) is 0 Å². The summed E-state index contributed by atoms with van der Waals surface area (Å²) in [5.74, 6) is 0.834. The Labute approximate surface area is 91.2 Å². The van der Waals surface area contributed by atoms with Gasteiger partial charge in [-0.1, -0.05) is 17.7 Å². The van der Waals surface area contributed by atoms with Crippen molar-refractivity contribution >= 4 is 0 Å². The van der Waals surface area contributed by atoms with Crippen molar-refractivity contribution in [3.05, 3.63) is 42.0 Å². The van der Waals surface area contributed by atoms with Crippen molar-refractivity contribution in [3.8, 4) is 5.75 Å². The summed E-state index contributed by atoms with van der Waals surface area (Å²) in [7, 11) is 0. The van der Waals surface area contributed by atoms with E-state index in [9.17, 15) is 5.11 Å². The van der Waals surface area contributed by atoms with E-state index in [0.717, 1.165) is 23.3 Å². The molecule has 1 rings (SSSR count). The maximum absolute atomic E-state index is 9.31. The number of rotatable bonds is 5. The molecular weight excluding hydrogens is 188 g/mol. The van der Waals surface area contributed by atoms with Crippen molar-refractivity contribution in [1.29, 1.82) is 0 Å². The first-order valence-corrected chi connectivity index (χ1v) is 5.15. The van der Waals surface area contributed by atoms with Gasteiger partial charge in [0.05, 0.1) is 12.7 Å². The van der Waals surface area contributed by atoms with Crippen molar-refractivity contribution < 1.29 is 9.84 Å². The van der Waals surface area contributed by atoms with Crippen LogP contribution in [-0.2, 0) is 0 Å². The summed E-state index contributed by atoms with van der Waals surface area (Å²) in [5, 5.41) is 9.31. The van der Waals surface area contributed by atoms with Crippen LogP contribution in [-0.4, -0.2) is 11.7 Å². The predicted octanol–water partition coefficient (Wildman–Crippen LogP) is 3.08. The van der Waals surface area contributed by atoms with Crippen LogP contribution in [0.15, 0.2) is 36.4 Å². The number of aliphatic hydroxyl groups is 1. The zero-order valence-corrected chi connectivity index (χ0v) is 9.36. The van der Waals surface area contributed by atoms with Gasteiger partial charge in [0.2, 0.25) is 0 Å². The maximum atomic E-state index is 9.31. The van der Waals surface area contributed by atoms with E-state index in [0.29, 0.717) is 6.61 Å². The Hall–Kier alpha value is -1.28. The van der Waals surface area contributed by atoms with Crippen molar-refractivity contribution in [2.75, 3.05) is 6.61 Å². The first kappa shape index (κ1) is 11.8. The molecule has 0 saturated heterocycles. The number of hydrogen-bond donors (Lipinski definition) is 1. The quantitative estimate of drug-likeness (QED) is 0.750. The van der Waals surface area contributed by atoms with Gasteiger partial charge in [0.15, 0.2) is 0 Å². The summed E-state index contributed by atoms with van der Waals surface area (Å²) in [5.41, 5.74) is 2.03. The van der Waals surface area contributed by atoms with Crippen LogP contribution >= 0.6 is 0 Å². The van der Waals surface area contributed by atoms with Gasteiger partial charge in [0, 0.05) is 6.42 Å². The third-order valence-electron chi connectivity index (χ3n) is 2.16. The van der Waals surface area contributed by atoms with E-state index in [2.05, 4.69) is 6.58 Å². The lowest BCUT2D eigenvalue weighted by molar-refractivity contribution is 0.199. The Morgan fingerprint density at radius 3 is 2.47 bits per heavy atom. The molecule has 1 aromatic carbocycles. The van der Waals surface area contributed by atoms with E-state index in [1.165, 1.54) is 0 Å². The molecule has 0 fully saturated rings. The Balaban J connectivity index is 2.46. The van der Waals surface area contributed by atoms with Crippen molar-refractivity contribution in [1.82, 2.24) is 0 Å². The average Bonchev–Trinajstić information content (AvgIpc) is 2.18. The Morgan fingerprint density at radius 2 is 2.00 bits per heavy atom. The Kier molecular flexibility index (Phi) is 4.37. The molecule has 15 heavy (non-hydrogen) atoms. The average molecular weight is 206 g/mol. The van der Waals surface area contributed by atoms with Gasteiger partial charge in [-0.3, -0.25) is 0 Å². The number of ether oxygens (including phenoxy) is 1. The molecule has 82 valence electrons. The minimum Gasteiger partial charge on any atom is -0.493 e. The summed E-state index contributed by atoms with van der Waals surface area (Å²) in [4.78, 5) is 0. The summed E-state index contributed by atoms with van der Waals surface area (Å²) in [6, 6.07) is 7.50. The molecule has 0 unspecified atom stereocenters. The van der Waals surface area contributed by atoms with E-state index in [-0.39, 0.29) is 0 Å². The van der Waals surface area contributed by atoms with Crippen LogP contribution in [0.3, 0.4) is 0 Å². The SMILES string of the molecule is C=C(C)CCOc1ccc([C@@H](C)O)cc1. The molecule has 0 aliphatic rings. The smallest absolute Gasteiger partial charge is 0.119 e. The summed E-state index contributed by atoms with van der Waals surface area (Å²) in [6.45, 7) is 8.20. The third-order valence-corrected chi connectivity index (χ3v) is 2.16. The van der Waals surface area contributed by atoms with Gasteiger partial charge < -0.3 is 9.84 Å². The largest absolute Gasteiger partial charge is 0.493 e. The Bertz CT molecular complexity index is 312. The van der Waals surface area contributed by atoms with Gasteiger partial charge in [-0.2, -0.15) is 0 Å². The highest BCUT2D eigenvalue weighted by Crippen LogP contribution is 2.17. The van der Waals surface area contributed by atoms with E-state index < -0.39 is 6.10 Å². The number of aliphatic hydroxyl groups excluding tert-OH is 1. The second-order valence-electron chi connectivity index (χ2n) is 3.80. The first-order chi connectivity index (χ1) is 7.09. The molecule has 0 radical (unpaired) electrons. The second kappa shape index (κ2) is 5.56. The summed E-state index contributed by atoms with van der Waals surface area (Å²) >= 11 is 0. The zero-order valence-electron chi connectivity index (χ0n) is 9.36. The fourth-order valence-corrected chi connectivity index (χ4v) is 1.19. The molecule has 0 aliphatic heterocycles. The minimum atomic E-state index is -0.422. The number of benzene rings is 1. The van der Waals surface area contributed by atoms with Crippen molar-refractivity contribution in [2.24, 2.45) is 0 Å². The van der Waals surface area contributed by atoms with Crippen LogP contribution in [0.1, 0.15) is 31.9 Å². The predicted molar refractivity (Wildman–Crippen MR) is 62.0 cm³/mol. The molecule has 0 aromatic heterocycles. The normalized spacial score (nSPS) is 12.2. The lowest BCUT2D eigenvalue weighted by Crippen LogP contribution is -1.98. The number of hydrogen-bond acceptors (Lipinski definition) is 2. The molecule has 0 spiro atoms. The molecule has 0 amide bonds. The summed E-state index contributed by atoms with van der Waals surface area (Å²) in [6.07, 6.45) is 0.451. The standard InChI is InChI=1S/C13H18O2/c1-10(2)8-9-15-13-6-4-12(5-7-13)11(3)14/h4-7,11,14H,1,8-9H2,2-3H3/t11-/m1/s1. The highest BCUT2D eigenvalue weighted by molar-refractivity contribution is 5.28. The van der Waals surface area contributed by atoms with Crippen LogP contribution in [0, 0.1) is 0 Å². The van der Waals surface area contributed by atoms with Gasteiger partial charge in [-0.25, -0.2) is 0 Å². The fourth-order valence-electron chi connectivity index (χ4n) is 1.19. The van der Waals surface area contributed by atoms with Crippen molar-refractivity contribution in [2.45, 2.75) is 26.4 Å². The topological polar surface area (TPSA) is 29.5 Å². The zero-order chi connectivity index (χ0) is 11.3. The lowest BCUT2D eigenvalue weighted by atomic mass is 10.1. The maximum Gasteiger partial charge on any atom is 0.119 e. The molecule has 1 N–H and O–H groups in total. The molecule has 2 nitrogen and oxygen atoms in total. The van der Waals surface area contributed by atoms with Crippen LogP contribution in [0.2, 0.25) is 0 Å². The van der Waals surface area contributed by atoms with E-state index in [4.69, 9.17) is 4.74 Å². The molecular formula is C13H18O2. The molecule has 0 saturated carbocycles. The Morgan fingerprint density at radius 1 is 1.40 bits per heavy atom. The van der Waals surface area contributed by atoms with Crippen LogP contribution < -0.4 is 4.74 Å². The third kappa shape index (κ3) is 4.17. The highest BCUT2D eigenvalue weighted by Gasteiger charge is 2.00. The van der Waals surface area contributed by atoms with Gasteiger partial charge in [-0.15, -0.1) is 6.58 Å². The van der Waals surface area contributed by atoms with E-state index in [1.807, 2.05) is 31.2 Å². The highest BCUT2D eigenvalue weighted by atomic mass is 16.5. The molecule has 1 aromatic rings. The van der Waals surface area contributed by atoms with Gasteiger partial charge in [0.1, 0.15) is 5.75 Å². The first-order valence-electron chi connectivity index (χ1n) is 5.15. The van der Waals surface area contributed by atoms with Gasteiger partial charge in [-0.05, 0) is 31.5 Å². The van der Waals surface area contributed by atoms with Crippen molar-refractivity contribution in [3.63, 3.8) is 0 Å². The van der Waals surface area contributed by atoms with Gasteiger partial charge in [0.25, 0.3) is 0 Å². The molecule has 1 atom stereocenters. The van der Waals surface area contributed by atoms with E-state index >= 15 is 0 Å².